The monoisotopic (exact) mass is 288 g/mol. The van der Waals surface area contributed by atoms with Gasteiger partial charge < -0.3 is 10.6 Å². The fraction of sp³-hybridized carbons (Fsp3) is 0.529. The molecule has 1 aromatic carbocycles. The van der Waals surface area contributed by atoms with Gasteiger partial charge in [0.25, 0.3) is 0 Å². The second-order valence-electron chi connectivity index (χ2n) is 5.86. The van der Waals surface area contributed by atoms with Gasteiger partial charge in [0, 0.05) is 11.7 Å². The summed E-state index contributed by atoms with van der Waals surface area (Å²) in [6.45, 7) is 3.92. The maximum absolute atomic E-state index is 12.0. The Labute approximate surface area is 126 Å². The van der Waals surface area contributed by atoms with E-state index in [9.17, 15) is 9.59 Å². The maximum atomic E-state index is 12.0. The molecule has 0 bridgehead atoms. The van der Waals surface area contributed by atoms with E-state index in [0.717, 1.165) is 36.8 Å². The number of carbonyl (C=O) groups excluding carboxylic acids is 2. The molecule has 4 nitrogen and oxygen atoms in total. The summed E-state index contributed by atoms with van der Waals surface area (Å²) in [6, 6.07) is 5.82. The summed E-state index contributed by atoms with van der Waals surface area (Å²) >= 11 is 0. The third-order valence-corrected chi connectivity index (χ3v) is 4.25. The second kappa shape index (κ2) is 7.25. The minimum atomic E-state index is -0.576. The number of hydrogen-bond acceptors (Lipinski definition) is 2. The zero-order chi connectivity index (χ0) is 15.2. The zero-order valence-electron chi connectivity index (χ0n) is 12.9. The quantitative estimate of drug-likeness (QED) is 0.649. The highest BCUT2D eigenvalue weighted by atomic mass is 16.2. The molecule has 0 spiro atoms. The predicted octanol–water partition coefficient (Wildman–Crippen LogP) is 3.08. The molecule has 1 aliphatic carbocycles. The summed E-state index contributed by atoms with van der Waals surface area (Å²) in [5.41, 5.74) is 2.79. The summed E-state index contributed by atoms with van der Waals surface area (Å²) in [5, 5.41) is 5.57. The zero-order valence-corrected chi connectivity index (χ0v) is 12.9. The molecular formula is C17H24N2O2. The van der Waals surface area contributed by atoms with Crippen LogP contribution in [0.15, 0.2) is 18.2 Å². The van der Waals surface area contributed by atoms with Crippen molar-refractivity contribution in [1.29, 1.82) is 0 Å². The number of benzene rings is 1. The highest BCUT2D eigenvalue weighted by Gasteiger charge is 2.20. The van der Waals surface area contributed by atoms with E-state index in [0.29, 0.717) is 5.69 Å². The van der Waals surface area contributed by atoms with E-state index in [1.165, 1.54) is 12.8 Å². The Balaban J connectivity index is 1.93. The van der Waals surface area contributed by atoms with Gasteiger partial charge in [-0.3, -0.25) is 9.59 Å². The lowest BCUT2D eigenvalue weighted by Crippen LogP contribution is -2.41. The Morgan fingerprint density at radius 3 is 2.33 bits per heavy atom. The molecule has 1 saturated carbocycles. The van der Waals surface area contributed by atoms with Crippen LogP contribution >= 0.6 is 0 Å². The molecular weight excluding hydrogens is 264 g/mol. The third-order valence-electron chi connectivity index (χ3n) is 4.25. The molecule has 0 aromatic heterocycles. The summed E-state index contributed by atoms with van der Waals surface area (Å²) in [6.07, 6.45) is 6.65. The number of anilines is 1. The van der Waals surface area contributed by atoms with Crippen molar-refractivity contribution in [3.05, 3.63) is 29.3 Å². The lowest BCUT2D eigenvalue weighted by Gasteiger charge is -2.16. The topological polar surface area (TPSA) is 58.2 Å². The molecule has 0 atom stereocenters. The molecule has 2 amide bonds. The molecule has 0 saturated heterocycles. The summed E-state index contributed by atoms with van der Waals surface area (Å²) < 4.78 is 0. The smallest absolute Gasteiger partial charge is 0.313 e. The first-order valence-electron chi connectivity index (χ1n) is 7.76. The van der Waals surface area contributed by atoms with E-state index in [1.54, 1.807) is 0 Å². The molecule has 0 unspecified atom stereocenters. The van der Waals surface area contributed by atoms with Gasteiger partial charge >= 0.3 is 11.8 Å². The lowest BCUT2D eigenvalue weighted by molar-refractivity contribution is -0.136. The van der Waals surface area contributed by atoms with Crippen LogP contribution in [0.5, 0.6) is 0 Å². The fourth-order valence-corrected chi connectivity index (χ4v) is 2.74. The van der Waals surface area contributed by atoms with Gasteiger partial charge in [0.05, 0.1) is 0 Å². The molecule has 2 rings (SSSR count). The van der Waals surface area contributed by atoms with Gasteiger partial charge in [-0.25, -0.2) is 0 Å². The second-order valence-corrected chi connectivity index (χ2v) is 5.86. The number of hydrogen-bond donors (Lipinski definition) is 2. The Kier molecular flexibility index (Phi) is 5.37. The van der Waals surface area contributed by atoms with Crippen LogP contribution in [0.25, 0.3) is 0 Å². The van der Waals surface area contributed by atoms with Crippen molar-refractivity contribution in [2.24, 2.45) is 0 Å². The van der Waals surface area contributed by atoms with Crippen LogP contribution in [-0.2, 0) is 9.59 Å². The number of amides is 2. The molecule has 0 radical (unpaired) electrons. The van der Waals surface area contributed by atoms with Crippen molar-refractivity contribution in [2.75, 3.05) is 5.32 Å². The Morgan fingerprint density at radius 2 is 1.67 bits per heavy atom. The van der Waals surface area contributed by atoms with Crippen LogP contribution in [0.1, 0.15) is 49.7 Å². The molecule has 0 aliphatic heterocycles. The largest absolute Gasteiger partial charge is 0.345 e. The van der Waals surface area contributed by atoms with Crippen molar-refractivity contribution in [3.8, 4) is 0 Å². The van der Waals surface area contributed by atoms with Gasteiger partial charge in [-0.05, 0) is 43.9 Å². The van der Waals surface area contributed by atoms with Gasteiger partial charge in [-0.15, -0.1) is 0 Å². The Bertz CT molecular complexity index is 518. The van der Waals surface area contributed by atoms with Crippen molar-refractivity contribution >= 4 is 17.5 Å². The van der Waals surface area contributed by atoms with Gasteiger partial charge in [0.2, 0.25) is 0 Å². The van der Waals surface area contributed by atoms with Gasteiger partial charge in [-0.1, -0.05) is 37.8 Å². The number of nitrogens with one attached hydrogen (secondary N) is 2. The van der Waals surface area contributed by atoms with Gasteiger partial charge in [-0.2, -0.15) is 0 Å². The minimum Gasteiger partial charge on any atom is -0.345 e. The van der Waals surface area contributed by atoms with Crippen LogP contribution in [0.2, 0.25) is 0 Å². The first-order chi connectivity index (χ1) is 10.1. The van der Waals surface area contributed by atoms with E-state index in [2.05, 4.69) is 10.6 Å². The summed E-state index contributed by atoms with van der Waals surface area (Å²) in [5.74, 6) is -1.10. The SMILES string of the molecule is Cc1cccc(NC(=O)C(=O)NC2CCCCCC2)c1C. The number of aryl methyl sites for hydroxylation is 1. The maximum Gasteiger partial charge on any atom is 0.313 e. The molecule has 1 fully saturated rings. The number of rotatable bonds is 2. The molecule has 114 valence electrons. The van der Waals surface area contributed by atoms with Gasteiger partial charge in [0.15, 0.2) is 0 Å². The Hall–Kier alpha value is -1.84. The number of carbonyl (C=O) groups is 2. The van der Waals surface area contributed by atoms with E-state index in [4.69, 9.17) is 0 Å². The van der Waals surface area contributed by atoms with E-state index in [-0.39, 0.29) is 6.04 Å². The standard InChI is InChI=1S/C17H24N2O2/c1-12-8-7-11-15(13(12)2)19-17(21)16(20)18-14-9-5-3-4-6-10-14/h7-8,11,14H,3-6,9-10H2,1-2H3,(H,18,20)(H,19,21). The highest BCUT2D eigenvalue weighted by Crippen LogP contribution is 2.19. The third kappa shape index (κ3) is 4.31. The van der Waals surface area contributed by atoms with Crippen LogP contribution in [0.4, 0.5) is 5.69 Å². The molecule has 4 heteroatoms. The van der Waals surface area contributed by atoms with E-state index >= 15 is 0 Å². The van der Waals surface area contributed by atoms with E-state index in [1.807, 2.05) is 32.0 Å². The average molecular weight is 288 g/mol. The lowest BCUT2D eigenvalue weighted by atomic mass is 10.1. The normalized spacial score (nSPS) is 16.1. The predicted molar refractivity (Wildman–Crippen MR) is 84.2 cm³/mol. The van der Waals surface area contributed by atoms with Crippen molar-refractivity contribution in [3.63, 3.8) is 0 Å². The van der Waals surface area contributed by atoms with Crippen LogP contribution in [-0.4, -0.2) is 17.9 Å². The fourth-order valence-electron chi connectivity index (χ4n) is 2.74. The average Bonchev–Trinajstić information content (AvgIpc) is 2.72. The summed E-state index contributed by atoms with van der Waals surface area (Å²) in [7, 11) is 0. The van der Waals surface area contributed by atoms with Crippen LogP contribution < -0.4 is 10.6 Å². The molecule has 21 heavy (non-hydrogen) atoms. The first kappa shape index (κ1) is 15.5. The molecule has 0 heterocycles. The van der Waals surface area contributed by atoms with Gasteiger partial charge in [0.1, 0.15) is 0 Å². The molecule has 2 N–H and O–H groups in total. The van der Waals surface area contributed by atoms with Crippen molar-refractivity contribution < 1.29 is 9.59 Å². The van der Waals surface area contributed by atoms with Crippen LogP contribution in [0.3, 0.4) is 0 Å². The highest BCUT2D eigenvalue weighted by molar-refractivity contribution is 6.39. The Morgan fingerprint density at radius 1 is 1.00 bits per heavy atom. The first-order valence-corrected chi connectivity index (χ1v) is 7.76. The minimum absolute atomic E-state index is 0.143. The summed E-state index contributed by atoms with van der Waals surface area (Å²) in [4.78, 5) is 24.0. The van der Waals surface area contributed by atoms with E-state index < -0.39 is 11.8 Å². The molecule has 1 aliphatic rings. The van der Waals surface area contributed by atoms with Crippen molar-refractivity contribution in [1.82, 2.24) is 5.32 Å². The van der Waals surface area contributed by atoms with Crippen LogP contribution in [0, 0.1) is 13.8 Å². The van der Waals surface area contributed by atoms with Crippen molar-refractivity contribution in [2.45, 2.75) is 58.4 Å². The molecule has 1 aromatic rings.